The summed E-state index contributed by atoms with van der Waals surface area (Å²) >= 11 is 0. The third-order valence-electron chi connectivity index (χ3n) is 6.24. The summed E-state index contributed by atoms with van der Waals surface area (Å²) in [5.74, 6) is -0.345. The van der Waals surface area contributed by atoms with Gasteiger partial charge in [-0.05, 0) is 41.4 Å². The van der Waals surface area contributed by atoms with Crippen molar-refractivity contribution in [2.24, 2.45) is 21.7 Å². The first-order valence-corrected chi connectivity index (χ1v) is 9.97. The quantitative estimate of drug-likeness (QED) is 0.712. The van der Waals surface area contributed by atoms with Crippen LogP contribution >= 0.6 is 0 Å². The van der Waals surface area contributed by atoms with Gasteiger partial charge in [-0.3, -0.25) is 14.6 Å². The molecule has 0 unspecified atom stereocenters. The van der Waals surface area contributed by atoms with E-state index in [9.17, 15) is 9.59 Å². The molecule has 0 N–H and O–H groups in total. The molecular weight excluding hydrogens is 348 g/mol. The van der Waals surface area contributed by atoms with E-state index in [0.717, 1.165) is 35.4 Å². The van der Waals surface area contributed by atoms with Crippen LogP contribution in [0.3, 0.4) is 0 Å². The van der Waals surface area contributed by atoms with Gasteiger partial charge in [0, 0.05) is 35.7 Å². The van der Waals surface area contributed by atoms with Crippen molar-refractivity contribution in [1.82, 2.24) is 0 Å². The van der Waals surface area contributed by atoms with Crippen molar-refractivity contribution >= 4 is 17.3 Å². The van der Waals surface area contributed by atoms with Gasteiger partial charge in [0.25, 0.3) is 0 Å². The molecule has 0 aromatic heterocycles. The van der Waals surface area contributed by atoms with Gasteiger partial charge in [0.15, 0.2) is 5.78 Å². The highest BCUT2D eigenvalue weighted by molar-refractivity contribution is 6.13. The van der Waals surface area contributed by atoms with Crippen LogP contribution in [0.2, 0.25) is 0 Å². The maximum Gasteiger partial charge on any atom is 0.161 e. The highest BCUT2D eigenvalue weighted by Gasteiger charge is 2.49. The Morgan fingerprint density at radius 3 is 2.21 bits per heavy atom. The van der Waals surface area contributed by atoms with E-state index < -0.39 is 0 Å². The standard InChI is InChI=1S/C24H26N2O2/c1-23(2)9-16-21(18(27)11-23)20(15-7-5-14(13-25)6-8-15)22-17(26-16)10-24(3,4)12-19(22)28/h5-8,20-21H,9-12H2,1-4H3/t20-,21+/m0/s1. The number of fused-ring (bicyclic) bond motifs is 1. The normalized spacial score (nSPS) is 28.2. The van der Waals surface area contributed by atoms with Gasteiger partial charge in [0.1, 0.15) is 5.78 Å². The Morgan fingerprint density at radius 2 is 1.57 bits per heavy atom. The van der Waals surface area contributed by atoms with Crippen LogP contribution in [0.15, 0.2) is 40.5 Å². The second-order valence-electron chi connectivity index (χ2n) is 10.1. The van der Waals surface area contributed by atoms with Crippen LogP contribution in [0.1, 0.15) is 70.4 Å². The number of hydrogen-bond acceptors (Lipinski definition) is 4. The molecule has 1 fully saturated rings. The number of Topliss-reactive ketones (excluding diaryl/α,β-unsaturated/α-hetero) is 2. The smallest absolute Gasteiger partial charge is 0.161 e. The number of aliphatic imine (C=N–C) groups is 1. The van der Waals surface area contributed by atoms with E-state index in [0.29, 0.717) is 18.4 Å². The Morgan fingerprint density at radius 1 is 0.929 bits per heavy atom. The van der Waals surface area contributed by atoms with Crippen LogP contribution in [0, 0.1) is 28.1 Å². The SMILES string of the molecule is CC1(C)CC(=O)[C@H]2C(=NC3=C(C(=O)CC(C)(C)C3)[C@H]2c2ccc(C#N)cc2)C1. The van der Waals surface area contributed by atoms with Crippen LogP contribution in [0.5, 0.6) is 0 Å². The molecule has 2 atom stereocenters. The second-order valence-corrected chi connectivity index (χ2v) is 10.1. The van der Waals surface area contributed by atoms with Crippen molar-refractivity contribution in [2.75, 3.05) is 0 Å². The third-order valence-corrected chi connectivity index (χ3v) is 6.24. The Labute approximate surface area is 166 Å². The molecule has 0 saturated heterocycles. The number of allylic oxidation sites excluding steroid dienone is 2. The summed E-state index contributed by atoms with van der Waals surface area (Å²) in [5, 5.41) is 9.13. The summed E-state index contributed by atoms with van der Waals surface area (Å²) in [6.45, 7) is 8.43. The Kier molecular flexibility index (Phi) is 4.19. The Bertz CT molecular complexity index is 971. The van der Waals surface area contributed by atoms with Crippen molar-refractivity contribution in [1.29, 1.82) is 5.26 Å². The van der Waals surface area contributed by atoms with Gasteiger partial charge in [0.05, 0.1) is 17.6 Å². The average molecular weight is 374 g/mol. The maximum absolute atomic E-state index is 13.2. The molecule has 3 aliphatic rings. The van der Waals surface area contributed by atoms with E-state index in [1.54, 1.807) is 12.1 Å². The van der Waals surface area contributed by atoms with E-state index in [2.05, 4.69) is 33.8 Å². The van der Waals surface area contributed by atoms with Crippen LogP contribution in [0.25, 0.3) is 0 Å². The number of hydrogen-bond donors (Lipinski definition) is 0. The predicted octanol–water partition coefficient (Wildman–Crippen LogP) is 4.74. The zero-order valence-corrected chi connectivity index (χ0v) is 17.0. The minimum absolute atomic E-state index is 0.103. The summed E-state index contributed by atoms with van der Waals surface area (Å²) in [6.07, 6.45) is 2.52. The van der Waals surface area contributed by atoms with Gasteiger partial charge in [-0.2, -0.15) is 5.26 Å². The minimum atomic E-state index is -0.357. The molecule has 144 valence electrons. The van der Waals surface area contributed by atoms with Crippen molar-refractivity contribution in [3.05, 3.63) is 46.7 Å². The molecule has 0 amide bonds. The monoisotopic (exact) mass is 374 g/mol. The Hall–Kier alpha value is -2.54. The van der Waals surface area contributed by atoms with Gasteiger partial charge < -0.3 is 0 Å². The molecule has 1 aromatic rings. The van der Waals surface area contributed by atoms with E-state index >= 15 is 0 Å². The lowest BCUT2D eigenvalue weighted by atomic mass is 9.60. The van der Waals surface area contributed by atoms with Gasteiger partial charge >= 0.3 is 0 Å². The van der Waals surface area contributed by atoms with Crippen LogP contribution in [-0.2, 0) is 9.59 Å². The molecule has 1 aromatic carbocycles. The fraction of sp³-hybridized carbons (Fsp3) is 0.500. The lowest BCUT2D eigenvalue weighted by molar-refractivity contribution is -0.124. The molecule has 28 heavy (non-hydrogen) atoms. The van der Waals surface area contributed by atoms with E-state index in [-0.39, 0.29) is 34.2 Å². The number of rotatable bonds is 1. The molecule has 0 radical (unpaired) electrons. The zero-order valence-electron chi connectivity index (χ0n) is 17.0. The van der Waals surface area contributed by atoms with Gasteiger partial charge in [-0.15, -0.1) is 0 Å². The average Bonchev–Trinajstić information content (AvgIpc) is 2.57. The molecule has 1 heterocycles. The van der Waals surface area contributed by atoms with Crippen molar-refractivity contribution in [3.63, 3.8) is 0 Å². The highest BCUT2D eigenvalue weighted by atomic mass is 16.1. The molecule has 0 spiro atoms. The maximum atomic E-state index is 13.2. The van der Waals surface area contributed by atoms with Crippen LogP contribution in [-0.4, -0.2) is 17.3 Å². The number of carbonyl (C=O) groups is 2. The number of nitriles is 1. The highest BCUT2D eigenvalue weighted by Crippen LogP contribution is 2.51. The molecule has 4 nitrogen and oxygen atoms in total. The molecule has 0 bridgehead atoms. The first-order chi connectivity index (χ1) is 13.1. The summed E-state index contributed by atoms with van der Waals surface area (Å²) in [5.41, 5.74) is 3.82. The largest absolute Gasteiger partial charge is 0.299 e. The first-order valence-electron chi connectivity index (χ1n) is 9.97. The number of nitrogens with zero attached hydrogens (tertiary/aromatic N) is 2. The second kappa shape index (κ2) is 6.24. The lowest BCUT2D eigenvalue weighted by Gasteiger charge is -2.44. The van der Waals surface area contributed by atoms with Crippen molar-refractivity contribution in [3.8, 4) is 6.07 Å². The van der Waals surface area contributed by atoms with E-state index in [1.165, 1.54) is 0 Å². The number of ketones is 2. The summed E-state index contributed by atoms with van der Waals surface area (Å²) in [4.78, 5) is 31.3. The van der Waals surface area contributed by atoms with Crippen molar-refractivity contribution < 1.29 is 9.59 Å². The molecule has 1 aliphatic heterocycles. The molecule has 2 aliphatic carbocycles. The lowest BCUT2D eigenvalue weighted by Crippen LogP contribution is -2.45. The molecule has 4 heteroatoms. The minimum Gasteiger partial charge on any atom is -0.299 e. The van der Waals surface area contributed by atoms with E-state index in [1.807, 2.05) is 12.1 Å². The fourth-order valence-electron chi connectivity index (χ4n) is 5.14. The van der Waals surface area contributed by atoms with Crippen LogP contribution < -0.4 is 0 Å². The number of carbonyl (C=O) groups excluding carboxylic acids is 2. The topological polar surface area (TPSA) is 70.3 Å². The first kappa shape index (κ1) is 18.8. The summed E-state index contributed by atoms with van der Waals surface area (Å²) < 4.78 is 0. The number of benzene rings is 1. The third kappa shape index (κ3) is 3.13. The molecule has 4 rings (SSSR count). The van der Waals surface area contributed by atoms with Gasteiger partial charge in [0.2, 0.25) is 0 Å². The predicted molar refractivity (Wildman–Crippen MR) is 108 cm³/mol. The zero-order chi connectivity index (χ0) is 20.3. The Balaban J connectivity index is 1.89. The van der Waals surface area contributed by atoms with Gasteiger partial charge in [-0.25, -0.2) is 0 Å². The molecule has 1 saturated carbocycles. The fourth-order valence-corrected chi connectivity index (χ4v) is 5.14. The summed E-state index contributed by atoms with van der Waals surface area (Å²) in [7, 11) is 0. The van der Waals surface area contributed by atoms with E-state index in [4.69, 9.17) is 10.3 Å². The molecular formula is C24H26N2O2. The van der Waals surface area contributed by atoms with Gasteiger partial charge in [-0.1, -0.05) is 39.8 Å². The van der Waals surface area contributed by atoms with Crippen molar-refractivity contribution in [2.45, 2.75) is 59.3 Å². The summed E-state index contributed by atoms with van der Waals surface area (Å²) in [6, 6.07) is 9.49. The van der Waals surface area contributed by atoms with Crippen LogP contribution in [0.4, 0.5) is 0 Å².